The number of esters is 1. The van der Waals surface area contributed by atoms with Gasteiger partial charge in [0.15, 0.2) is 6.61 Å². The summed E-state index contributed by atoms with van der Waals surface area (Å²) in [6, 6.07) is 6.23. The molecule has 1 aliphatic rings. The molecule has 26 heavy (non-hydrogen) atoms. The minimum Gasteiger partial charge on any atom is -0.454 e. The van der Waals surface area contributed by atoms with E-state index in [1.54, 1.807) is 12.1 Å². The summed E-state index contributed by atoms with van der Waals surface area (Å²) in [5.74, 6) is -3.07. The minimum atomic E-state index is -0.898. The van der Waals surface area contributed by atoms with E-state index in [-0.39, 0.29) is 23.6 Å². The minimum absolute atomic E-state index is 0.223. The molecule has 0 unspecified atom stereocenters. The smallest absolute Gasteiger partial charge is 0.326 e. The predicted molar refractivity (Wildman–Crippen MR) is 89.1 cm³/mol. The molecule has 4 amide bonds. The Morgan fingerprint density at radius 2 is 1.62 bits per heavy atom. The second-order valence-electron chi connectivity index (χ2n) is 5.53. The molecule has 138 valence electrons. The van der Waals surface area contributed by atoms with Gasteiger partial charge in [-0.1, -0.05) is 19.1 Å². The third-order valence-corrected chi connectivity index (χ3v) is 3.55. The van der Waals surface area contributed by atoms with E-state index in [2.05, 4.69) is 10.6 Å². The van der Waals surface area contributed by atoms with Gasteiger partial charge in [-0.15, -0.1) is 0 Å². The molecule has 0 bridgehead atoms. The van der Waals surface area contributed by atoms with Gasteiger partial charge in [-0.2, -0.15) is 0 Å². The molecule has 1 aromatic carbocycles. The molecule has 0 radical (unpaired) electrons. The van der Waals surface area contributed by atoms with Crippen LogP contribution in [0, 0.1) is 0 Å². The first-order valence-corrected chi connectivity index (χ1v) is 8.08. The van der Waals surface area contributed by atoms with E-state index in [0.29, 0.717) is 6.54 Å². The molecule has 0 fully saturated rings. The first-order valence-electron chi connectivity index (χ1n) is 8.08. The molecule has 2 rings (SSSR count). The molecule has 9 nitrogen and oxygen atoms in total. The highest BCUT2D eigenvalue weighted by molar-refractivity contribution is 6.22. The first-order chi connectivity index (χ1) is 12.4. The lowest BCUT2D eigenvalue weighted by molar-refractivity contribution is -0.148. The number of nitrogens with one attached hydrogen (secondary N) is 2. The van der Waals surface area contributed by atoms with Crippen LogP contribution in [0.4, 0.5) is 0 Å². The molecular formula is C17H19N3O6. The Balaban J connectivity index is 1.76. The molecular weight excluding hydrogens is 342 g/mol. The number of rotatable bonds is 8. The van der Waals surface area contributed by atoms with Gasteiger partial charge in [-0.25, -0.2) is 0 Å². The predicted octanol–water partition coefficient (Wildman–Crippen LogP) is -0.532. The zero-order valence-corrected chi connectivity index (χ0v) is 14.2. The molecule has 0 aromatic heterocycles. The SMILES string of the molecule is CCCNC(=O)CNC(=O)COC(=O)CN1C(=O)c2ccccc2C1=O. The lowest BCUT2D eigenvalue weighted by Crippen LogP contribution is -2.40. The molecule has 0 atom stereocenters. The van der Waals surface area contributed by atoms with E-state index < -0.39 is 36.8 Å². The third kappa shape index (κ3) is 4.65. The molecule has 9 heteroatoms. The van der Waals surface area contributed by atoms with Crippen LogP contribution in [0.5, 0.6) is 0 Å². The molecule has 0 saturated carbocycles. The number of carbonyl (C=O) groups is 5. The quantitative estimate of drug-likeness (QED) is 0.474. The number of benzene rings is 1. The maximum absolute atomic E-state index is 12.1. The highest BCUT2D eigenvalue weighted by atomic mass is 16.5. The van der Waals surface area contributed by atoms with Crippen molar-refractivity contribution in [2.75, 3.05) is 26.2 Å². The van der Waals surface area contributed by atoms with E-state index in [1.807, 2.05) is 6.92 Å². The van der Waals surface area contributed by atoms with Crippen LogP contribution in [0.3, 0.4) is 0 Å². The number of carbonyl (C=O) groups excluding carboxylic acids is 5. The number of amides is 4. The summed E-state index contributed by atoms with van der Waals surface area (Å²) in [6.45, 7) is 0.977. The lowest BCUT2D eigenvalue weighted by atomic mass is 10.1. The van der Waals surface area contributed by atoms with E-state index in [1.165, 1.54) is 12.1 Å². The van der Waals surface area contributed by atoms with Crippen LogP contribution in [0.2, 0.25) is 0 Å². The fourth-order valence-corrected chi connectivity index (χ4v) is 2.26. The molecule has 0 aliphatic carbocycles. The summed E-state index contributed by atoms with van der Waals surface area (Å²) in [5.41, 5.74) is 0.447. The summed E-state index contributed by atoms with van der Waals surface area (Å²) in [7, 11) is 0. The maximum atomic E-state index is 12.1. The van der Waals surface area contributed by atoms with Crippen molar-refractivity contribution in [3.05, 3.63) is 35.4 Å². The molecule has 1 aliphatic heterocycles. The van der Waals surface area contributed by atoms with Gasteiger partial charge in [-0.3, -0.25) is 28.9 Å². The molecule has 0 spiro atoms. The fraction of sp³-hybridized carbons (Fsp3) is 0.353. The Bertz CT molecular complexity index is 711. The highest BCUT2D eigenvalue weighted by Crippen LogP contribution is 2.21. The van der Waals surface area contributed by atoms with E-state index in [4.69, 9.17) is 4.74 Å². The van der Waals surface area contributed by atoms with Gasteiger partial charge < -0.3 is 15.4 Å². The third-order valence-electron chi connectivity index (χ3n) is 3.55. The number of hydrogen-bond donors (Lipinski definition) is 2. The summed E-state index contributed by atoms with van der Waals surface area (Å²) >= 11 is 0. The van der Waals surface area contributed by atoms with E-state index in [0.717, 1.165) is 11.3 Å². The van der Waals surface area contributed by atoms with Gasteiger partial charge in [0.25, 0.3) is 17.7 Å². The average Bonchev–Trinajstić information content (AvgIpc) is 2.88. The van der Waals surface area contributed by atoms with Crippen molar-refractivity contribution in [1.82, 2.24) is 15.5 Å². The van der Waals surface area contributed by atoms with Crippen molar-refractivity contribution >= 4 is 29.6 Å². The number of nitrogens with zero attached hydrogens (tertiary/aromatic N) is 1. The number of ether oxygens (including phenoxy) is 1. The van der Waals surface area contributed by atoms with Gasteiger partial charge in [0.05, 0.1) is 17.7 Å². The first kappa shape index (κ1) is 19.1. The van der Waals surface area contributed by atoms with Crippen LogP contribution in [-0.2, 0) is 19.1 Å². The second-order valence-corrected chi connectivity index (χ2v) is 5.53. The molecule has 2 N–H and O–H groups in total. The Hall–Kier alpha value is -3.23. The zero-order chi connectivity index (χ0) is 19.1. The van der Waals surface area contributed by atoms with Gasteiger partial charge >= 0.3 is 5.97 Å². The monoisotopic (exact) mass is 361 g/mol. The van der Waals surface area contributed by atoms with Crippen LogP contribution in [0.1, 0.15) is 34.1 Å². The molecule has 0 saturated heterocycles. The van der Waals surface area contributed by atoms with Crippen molar-refractivity contribution in [1.29, 1.82) is 0 Å². The summed E-state index contributed by atoms with van der Waals surface area (Å²) < 4.78 is 4.75. The lowest BCUT2D eigenvalue weighted by Gasteiger charge is -2.13. The second kappa shape index (κ2) is 8.75. The summed E-state index contributed by atoms with van der Waals surface area (Å²) in [6.07, 6.45) is 0.773. The Morgan fingerprint density at radius 1 is 1.00 bits per heavy atom. The molecule has 1 aromatic rings. The van der Waals surface area contributed by atoms with Gasteiger partial charge in [0.2, 0.25) is 5.91 Å². The Kier molecular flexibility index (Phi) is 6.42. The van der Waals surface area contributed by atoms with Gasteiger partial charge in [0, 0.05) is 6.54 Å². The average molecular weight is 361 g/mol. The van der Waals surface area contributed by atoms with Crippen molar-refractivity contribution < 1.29 is 28.7 Å². The van der Waals surface area contributed by atoms with Gasteiger partial charge in [-0.05, 0) is 18.6 Å². The number of hydrogen-bond acceptors (Lipinski definition) is 6. The van der Waals surface area contributed by atoms with Gasteiger partial charge in [0.1, 0.15) is 6.54 Å². The van der Waals surface area contributed by atoms with Crippen molar-refractivity contribution in [3.63, 3.8) is 0 Å². The topological polar surface area (TPSA) is 122 Å². The van der Waals surface area contributed by atoms with Crippen LogP contribution in [0.25, 0.3) is 0 Å². The van der Waals surface area contributed by atoms with Crippen LogP contribution in [0.15, 0.2) is 24.3 Å². The number of imide groups is 1. The van der Waals surface area contributed by atoms with Crippen LogP contribution in [-0.4, -0.2) is 60.7 Å². The zero-order valence-electron chi connectivity index (χ0n) is 14.2. The fourth-order valence-electron chi connectivity index (χ4n) is 2.26. The maximum Gasteiger partial charge on any atom is 0.326 e. The highest BCUT2D eigenvalue weighted by Gasteiger charge is 2.36. The van der Waals surface area contributed by atoms with Crippen molar-refractivity contribution in [2.24, 2.45) is 0 Å². The summed E-state index contributed by atoms with van der Waals surface area (Å²) in [4.78, 5) is 59.7. The van der Waals surface area contributed by atoms with Crippen molar-refractivity contribution in [2.45, 2.75) is 13.3 Å². The Labute approximate surface area is 149 Å². The van der Waals surface area contributed by atoms with E-state index in [9.17, 15) is 24.0 Å². The molecule has 1 heterocycles. The Morgan fingerprint density at radius 3 is 2.19 bits per heavy atom. The standard InChI is InChI=1S/C17H19N3O6/c1-2-7-18-13(21)8-19-14(22)10-26-15(23)9-20-16(24)11-5-3-4-6-12(11)17(20)25/h3-6H,2,7-10H2,1H3,(H,18,21)(H,19,22). The largest absolute Gasteiger partial charge is 0.454 e. The van der Waals surface area contributed by atoms with Crippen molar-refractivity contribution in [3.8, 4) is 0 Å². The van der Waals surface area contributed by atoms with E-state index >= 15 is 0 Å². The number of fused-ring (bicyclic) bond motifs is 1. The summed E-state index contributed by atoms with van der Waals surface area (Å²) in [5, 5.41) is 4.87. The van der Waals surface area contributed by atoms with Crippen LogP contribution < -0.4 is 10.6 Å². The van der Waals surface area contributed by atoms with Crippen LogP contribution >= 0.6 is 0 Å². The normalized spacial score (nSPS) is 12.6.